The summed E-state index contributed by atoms with van der Waals surface area (Å²) in [5.74, 6) is 0.956. The van der Waals surface area contributed by atoms with Crippen molar-refractivity contribution >= 4 is 5.78 Å². The van der Waals surface area contributed by atoms with Crippen molar-refractivity contribution in [1.82, 2.24) is 0 Å². The second kappa shape index (κ2) is 3.34. The molecule has 2 rings (SSSR count). The molecule has 2 aliphatic rings. The van der Waals surface area contributed by atoms with E-state index < -0.39 is 0 Å². The Morgan fingerprint density at radius 2 is 2.14 bits per heavy atom. The van der Waals surface area contributed by atoms with Crippen molar-refractivity contribution in [3.63, 3.8) is 0 Å². The number of hydrogen-bond acceptors (Lipinski definition) is 2. The van der Waals surface area contributed by atoms with Gasteiger partial charge in [0.05, 0.1) is 6.10 Å². The Kier molecular flexibility index (Phi) is 2.42. The van der Waals surface area contributed by atoms with Crippen LogP contribution in [0, 0.1) is 17.3 Å². The van der Waals surface area contributed by atoms with Crippen molar-refractivity contribution in [2.75, 3.05) is 0 Å². The minimum Gasteiger partial charge on any atom is -0.393 e. The second-order valence-electron chi connectivity index (χ2n) is 5.31. The van der Waals surface area contributed by atoms with Gasteiger partial charge in [-0.15, -0.1) is 0 Å². The van der Waals surface area contributed by atoms with E-state index in [1.165, 1.54) is 0 Å². The van der Waals surface area contributed by atoms with Gasteiger partial charge in [0.25, 0.3) is 0 Å². The maximum Gasteiger partial charge on any atom is 0.136 e. The third-order valence-electron chi connectivity index (χ3n) is 4.69. The van der Waals surface area contributed by atoms with E-state index in [9.17, 15) is 9.90 Å². The van der Waals surface area contributed by atoms with E-state index in [-0.39, 0.29) is 23.4 Å². The Hall–Kier alpha value is -0.370. The normalized spacial score (nSPS) is 48.8. The Bertz CT molecular complexity index is 249. The van der Waals surface area contributed by atoms with Crippen LogP contribution in [0.15, 0.2) is 0 Å². The highest BCUT2D eigenvalue weighted by atomic mass is 16.3. The van der Waals surface area contributed by atoms with Gasteiger partial charge in [0.1, 0.15) is 5.78 Å². The quantitative estimate of drug-likeness (QED) is 0.644. The highest BCUT2D eigenvalue weighted by molar-refractivity contribution is 5.82. The number of hydrogen-bond donors (Lipinski definition) is 1. The number of carbonyl (C=O) groups excluding carboxylic acids is 1. The van der Waals surface area contributed by atoms with E-state index in [2.05, 4.69) is 13.8 Å². The van der Waals surface area contributed by atoms with Gasteiger partial charge in [-0.3, -0.25) is 4.79 Å². The third kappa shape index (κ3) is 1.31. The zero-order valence-electron chi connectivity index (χ0n) is 9.12. The van der Waals surface area contributed by atoms with Gasteiger partial charge in [-0.25, -0.2) is 0 Å². The monoisotopic (exact) mass is 196 g/mol. The molecule has 2 aliphatic carbocycles. The van der Waals surface area contributed by atoms with Gasteiger partial charge >= 0.3 is 0 Å². The number of carbonyl (C=O) groups is 1. The Labute approximate surface area is 85.7 Å². The molecule has 0 heterocycles. The summed E-state index contributed by atoms with van der Waals surface area (Å²) in [4.78, 5) is 11.8. The van der Waals surface area contributed by atoms with Gasteiger partial charge < -0.3 is 5.11 Å². The van der Waals surface area contributed by atoms with E-state index in [1.807, 2.05) is 0 Å². The summed E-state index contributed by atoms with van der Waals surface area (Å²) < 4.78 is 0. The largest absolute Gasteiger partial charge is 0.393 e. The first-order chi connectivity index (χ1) is 6.55. The molecule has 2 saturated carbocycles. The van der Waals surface area contributed by atoms with Crippen molar-refractivity contribution < 1.29 is 9.90 Å². The van der Waals surface area contributed by atoms with E-state index in [4.69, 9.17) is 0 Å². The topological polar surface area (TPSA) is 37.3 Å². The van der Waals surface area contributed by atoms with E-state index in [0.717, 1.165) is 32.1 Å². The fraction of sp³-hybridized carbons (Fsp3) is 0.917. The molecule has 80 valence electrons. The van der Waals surface area contributed by atoms with Crippen molar-refractivity contribution in [1.29, 1.82) is 0 Å². The van der Waals surface area contributed by atoms with Crippen LogP contribution in [0.3, 0.4) is 0 Å². The van der Waals surface area contributed by atoms with Crippen LogP contribution >= 0.6 is 0 Å². The van der Waals surface area contributed by atoms with Crippen LogP contribution in [0.4, 0.5) is 0 Å². The molecule has 2 fully saturated rings. The SMILES string of the molecule is C[C@H]1[C@H](O)CC[C@@H]2C(=O)CCC[C@@]21C. The Balaban J connectivity index is 2.26. The van der Waals surface area contributed by atoms with Gasteiger partial charge in [-0.05, 0) is 37.0 Å². The van der Waals surface area contributed by atoms with Gasteiger partial charge in [0.2, 0.25) is 0 Å². The molecule has 2 nitrogen and oxygen atoms in total. The summed E-state index contributed by atoms with van der Waals surface area (Å²) in [6.45, 7) is 4.30. The minimum absolute atomic E-state index is 0.0764. The maximum atomic E-state index is 11.8. The number of fused-ring (bicyclic) bond motifs is 1. The number of aliphatic hydroxyl groups is 1. The first kappa shape index (κ1) is 10.2. The van der Waals surface area contributed by atoms with Crippen LogP contribution in [-0.2, 0) is 4.79 Å². The van der Waals surface area contributed by atoms with Crippen LogP contribution in [0.2, 0.25) is 0 Å². The zero-order chi connectivity index (χ0) is 10.3. The van der Waals surface area contributed by atoms with E-state index in [0.29, 0.717) is 5.78 Å². The summed E-state index contributed by atoms with van der Waals surface area (Å²) in [6.07, 6.45) is 4.42. The van der Waals surface area contributed by atoms with E-state index >= 15 is 0 Å². The molecular weight excluding hydrogens is 176 g/mol. The summed E-state index contributed by atoms with van der Waals surface area (Å²) in [6, 6.07) is 0. The maximum absolute atomic E-state index is 11.8. The molecule has 4 atom stereocenters. The lowest BCUT2D eigenvalue weighted by atomic mass is 9.55. The lowest BCUT2D eigenvalue weighted by Crippen LogP contribution is -2.49. The summed E-state index contributed by atoms with van der Waals surface area (Å²) in [5, 5.41) is 9.86. The Morgan fingerprint density at radius 1 is 1.43 bits per heavy atom. The van der Waals surface area contributed by atoms with Crippen molar-refractivity contribution in [2.45, 2.75) is 52.1 Å². The molecule has 0 spiro atoms. The van der Waals surface area contributed by atoms with Crippen LogP contribution in [-0.4, -0.2) is 17.0 Å². The van der Waals surface area contributed by atoms with Crippen molar-refractivity contribution in [3.8, 4) is 0 Å². The molecule has 0 amide bonds. The number of aliphatic hydroxyl groups excluding tert-OH is 1. The average molecular weight is 196 g/mol. The molecule has 0 radical (unpaired) electrons. The van der Waals surface area contributed by atoms with Gasteiger partial charge in [-0.2, -0.15) is 0 Å². The third-order valence-corrected chi connectivity index (χ3v) is 4.69. The summed E-state index contributed by atoms with van der Waals surface area (Å²) in [5.41, 5.74) is 0.0764. The van der Waals surface area contributed by atoms with Crippen LogP contribution in [0.25, 0.3) is 0 Å². The molecule has 0 aromatic rings. The van der Waals surface area contributed by atoms with Crippen molar-refractivity contribution in [2.24, 2.45) is 17.3 Å². The van der Waals surface area contributed by atoms with E-state index in [1.54, 1.807) is 0 Å². The summed E-state index contributed by atoms with van der Waals surface area (Å²) >= 11 is 0. The average Bonchev–Trinajstić information content (AvgIpc) is 2.14. The lowest BCUT2D eigenvalue weighted by Gasteiger charge is -2.50. The molecule has 0 aliphatic heterocycles. The molecule has 1 N–H and O–H groups in total. The second-order valence-corrected chi connectivity index (χ2v) is 5.31. The predicted molar refractivity (Wildman–Crippen MR) is 54.9 cm³/mol. The van der Waals surface area contributed by atoms with Crippen LogP contribution in [0.1, 0.15) is 46.0 Å². The molecule has 0 unspecified atom stereocenters. The number of rotatable bonds is 0. The molecule has 0 saturated heterocycles. The first-order valence-electron chi connectivity index (χ1n) is 5.76. The number of Topliss-reactive ketones (excluding diaryl/α,β-unsaturated/α-hetero) is 1. The standard InChI is InChI=1S/C12H20O2/c1-8-10(13)6-5-9-11(14)4-3-7-12(8,9)2/h8-10,13H,3-7H2,1-2H3/t8-,9+,10+,12+/m0/s1. The highest BCUT2D eigenvalue weighted by Crippen LogP contribution is 2.51. The molecule has 2 heteroatoms. The zero-order valence-corrected chi connectivity index (χ0v) is 9.12. The summed E-state index contributed by atoms with van der Waals surface area (Å²) in [7, 11) is 0. The van der Waals surface area contributed by atoms with Gasteiger partial charge in [-0.1, -0.05) is 13.8 Å². The predicted octanol–water partition coefficient (Wildman–Crippen LogP) is 2.15. The highest BCUT2D eigenvalue weighted by Gasteiger charge is 2.49. The molecule has 14 heavy (non-hydrogen) atoms. The number of ketones is 1. The molecule has 0 bridgehead atoms. The fourth-order valence-electron chi connectivity index (χ4n) is 3.42. The van der Waals surface area contributed by atoms with Crippen LogP contribution < -0.4 is 0 Å². The molecule has 0 aromatic heterocycles. The smallest absolute Gasteiger partial charge is 0.136 e. The van der Waals surface area contributed by atoms with Crippen molar-refractivity contribution in [3.05, 3.63) is 0 Å². The van der Waals surface area contributed by atoms with Gasteiger partial charge in [0, 0.05) is 12.3 Å². The minimum atomic E-state index is -0.192. The van der Waals surface area contributed by atoms with Crippen LogP contribution in [0.5, 0.6) is 0 Å². The van der Waals surface area contributed by atoms with Gasteiger partial charge in [0.15, 0.2) is 0 Å². The molecule has 0 aromatic carbocycles. The fourth-order valence-corrected chi connectivity index (χ4v) is 3.42. The lowest BCUT2D eigenvalue weighted by molar-refractivity contribution is -0.141. The first-order valence-corrected chi connectivity index (χ1v) is 5.76. The Morgan fingerprint density at radius 3 is 2.86 bits per heavy atom. The molecular formula is C12H20O2.